The van der Waals surface area contributed by atoms with Crippen LogP contribution in [0.4, 0.5) is 4.79 Å². The average molecular weight is 319 g/mol. The summed E-state index contributed by atoms with van der Waals surface area (Å²) in [5, 5.41) is 13.6. The third kappa shape index (κ3) is 3.76. The second-order valence-electron chi connectivity index (χ2n) is 6.40. The number of nitrogens with zero attached hydrogens (tertiary/aromatic N) is 1. The highest BCUT2D eigenvalue weighted by atomic mass is 16.5. The zero-order chi connectivity index (χ0) is 16.2. The molecule has 1 saturated heterocycles. The van der Waals surface area contributed by atoms with E-state index >= 15 is 0 Å². The Kier molecular flexibility index (Phi) is 5.03. The molecule has 1 aromatic carbocycles. The van der Waals surface area contributed by atoms with Gasteiger partial charge in [-0.3, -0.25) is 4.90 Å². The number of carbonyl (C=O) groups is 1. The minimum Gasteiger partial charge on any atom is -0.488 e. The van der Waals surface area contributed by atoms with Crippen LogP contribution < -0.4 is 15.8 Å². The van der Waals surface area contributed by atoms with Crippen LogP contribution in [0.1, 0.15) is 25.7 Å². The van der Waals surface area contributed by atoms with Gasteiger partial charge in [0, 0.05) is 6.42 Å². The number of hydrogen-bond acceptors (Lipinski definition) is 4. The van der Waals surface area contributed by atoms with Gasteiger partial charge in [0.2, 0.25) is 0 Å². The summed E-state index contributed by atoms with van der Waals surface area (Å²) in [7, 11) is 0. The first-order valence-corrected chi connectivity index (χ1v) is 8.35. The number of ether oxygens (including phenoxy) is 1. The molecule has 4 N–H and O–H groups in total. The Morgan fingerprint density at radius 2 is 1.91 bits per heavy atom. The molecule has 4 atom stereocenters. The van der Waals surface area contributed by atoms with Gasteiger partial charge in [0.15, 0.2) is 0 Å². The maximum Gasteiger partial charge on any atom is 0.312 e. The molecule has 1 heterocycles. The Labute approximate surface area is 136 Å². The number of nitrogens with two attached hydrogens (primary N) is 1. The summed E-state index contributed by atoms with van der Waals surface area (Å²) in [6.45, 7) is 1.88. The SMILES string of the molecule is NC(=O)N[C@@H]1C[C@@H](Oc2ccccc2)[C@H](O)[C@H]1N1CCCCC1. The van der Waals surface area contributed by atoms with E-state index in [0.29, 0.717) is 6.42 Å². The standard InChI is InChI=1S/C17H25N3O3/c18-17(22)19-13-11-14(23-12-7-3-1-4-8-12)16(21)15(13)20-9-5-2-6-10-20/h1,3-4,7-8,13-16,21H,2,5-6,9-11H2,(H3,18,19,22)/t13-,14-,15+,16+/m1/s1. The molecule has 1 saturated carbocycles. The van der Waals surface area contributed by atoms with Crippen LogP contribution in [0.2, 0.25) is 0 Å². The number of likely N-dealkylation sites (tertiary alicyclic amines) is 1. The van der Waals surface area contributed by atoms with E-state index in [1.54, 1.807) is 0 Å². The normalized spacial score (nSPS) is 31.7. The van der Waals surface area contributed by atoms with Crippen LogP contribution in [0.25, 0.3) is 0 Å². The van der Waals surface area contributed by atoms with E-state index in [2.05, 4.69) is 10.2 Å². The second-order valence-corrected chi connectivity index (χ2v) is 6.40. The minimum absolute atomic E-state index is 0.142. The quantitative estimate of drug-likeness (QED) is 0.775. The van der Waals surface area contributed by atoms with Gasteiger partial charge < -0.3 is 20.9 Å². The van der Waals surface area contributed by atoms with Crippen LogP contribution in [0.3, 0.4) is 0 Å². The number of hydrogen-bond donors (Lipinski definition) is 3. The number of primary amides is 1. The Bertz CT molecular complexity index is 519. The molecular formula is C17H25N3O3. The van der Waals surface area contributed by atoms with Crippen molar-refractivity contribution in [3.05, 3.63) is 30.3 Å². The molecule has 0 aromatic heterocycles. The highest BCUT2D eigenvalue weighted by molar-refractivity contribution is 5.72. The van der Waals surface area contributed by atoms with Crippen molar-refractivity contribution < 1.29 is 14.6 Å². The number of urea groups is 1. The van der Waals surface area contributed by atoms with E-state index in [0.717, 1.165) is 31.7 Å². The van der Waals surface area contributed by atoms with E-state index < -0.39 is 12.1 Å². The maximum absolute atomic E-state index is 11.3. The Morgan fingerprint density at radius 1 is 1.22 bits per heavy atom. The van der Waals surface area contributed by atoms with Gasteiger partial charge in [0.1, 0.15) is 18.0 Å². The molecule has 2 fully saturated rings. The molecule has 0 bridgehead atoms. The Balaban J connectivity index is 1.73. The summed E-state index contributed by atoms with van der Waals surface area (Å²) in [4.78, 5) is 13.6. The molecule has 2 aliphatic rings. The third-order valence-electron chi connectivity index (χ3n) is 4.80. The summed E-state index contributed by atoms with van der Waals surface area (Å²) in [5.74, 6) is 0.730. The Morgan fingerprint density at radius 3 is 2.57 bits per heavy atom. The number of carbonyl (C=O) groups excluding carboxylic acids is 1. The van der Waals surface area contributed by atoms with Gasteiger partial charge in [0.05, 0.1) is 12.1 Å². The van der Waals surface area contributed by atoms with E-state index in [1.165, 1.54) is 6.42 Å². The number of aliphatic hydroxyl groups is 1. The number of aliphatic hydroxyl groups excluding tert-OH is 1. The van der Waals surface area contributed by atoms with Crippen molar-refractivity contribution in [1.29, 1.82) is 0 Å². The van der Waals surface area contributed by atoms with Gasteiger partial charge in [-0.25, -0.2) is 4.79 Å². The molecule has 0 spiro atoms. The van der Waals surface area contributed by atoms with E-state index in [9.17, 15) is 9.90 Å². The van der Waals surface area contributed by atoms with Gasteiger partial charge in [0.25, 0.3) is 0 Å². The highest BCUT2D eigenvalue weighted by Gasteiger charge is 2.47. The lowest BCUT2D eigenvalue weighted by molar-refractivity contribution is 0.00187. The molecule has 0 radical (unpaired) electrons. The van der Waals surface area contributed by atoms with E-state index in [1.807, 2.05) is 30.3 Å². The van der Waals surface area contributed by atoms with Crippen molar-refractivity contribution in [2.75, 3.05) is 13.1 Å². The smallest absolute Gasteiger partial charge is 0.312 e. The van der Waals surface area contributed by atoms with Crippen LogP contribution in [0, 0.1) is 0 Å². The Hall–Kier alpha value is -1.79. The van der Waals surface area contributed by atoms with E-state index in [-0.39, 0.29) is 18.2 Å². The first kappa shape index (κ1) is 16.1. The summed E-state index contributed by atoms with van der Waals surface area (Å²) >= 11 is 0. The van der Waals surface area contributed by atoms with Crippen LogP contribution in [0.5, 0.6) is 5.75 Å². The number of para-hydroxylation sites is 1. The summed E-state index contributed by atoms with van der Waals surface area (Å²) in [6.07, 6.45) is 3.02. The second kappa shape index (κ2) is 7.19. The summed E-state index contributed by atoms with van der Waals surface area (Å²) in [5.41, 5.74) is 5.32. The number of rotatable bonds is 4. The van der Waals surface area contributed by atoms with Crippen LogP contribution in [-0.2, 0) is 0 Å². The predicted molar refractivity (Wildman–Crippen MR) is 87.2 cm³/mol. The first-order chi connectivity index (χ1) is 11.1. The molecule has 23 heavy (non-hydrogen) atoms. The van der Waals surface area contributed by atoms with Gasteiger partial charge in [-0.15, -0.1) is 0 Å². The predicted octanol–water partition coefficient (Wildman–Crippen LogP) is 1.09. The fourth-order valence-corrected chi connectivity index (χ4v) is 3.79. The van der Waals surface area contributed by atoms with Crippen molar-refractivity contribution in [3.63, 3.8) is 0 Å². The molecule has 1 aliphatic carbocycles. The molecule has 1 aliphatic heterocycles. The molecule has 6 nitrogen and oxygen atoms in total. The van der Waals surface area contributed by atoms with E-state index in [4.69, 9.17) is 10.5 Å². The molecular weight excluding hydrogens is 294 g/mol. The molecule has 3 rings (SSSR count). The largest absolute Gasteiger partial charge is 0.488 e. The van der Waals surface area contributed by atoms with Gasteiger partial charge in [-0.2, -0.15) is 0 Å². The fraction of sp³-hybridized carbons (Fsp3) is 0.588. The first-order valence-electron chi connectivity index (χ1n) is 8.35. The highest BCUT2D eigenvalue weighted by Crippen LogP contribution is 2.30. The van der Waals surface area contributed by atoms with Crippen molar-refractivity contribution >= 4 is 6.03 Å². The maximum atomic E-state index is 11.3. The molecule has 0 unspecified atom stereocenters. The number of piperidine rings is 1. The lowest BCUT2D eigenvalue weighted by Gasteiger charge is -2.37. The topological polar surface area (TPSA) is 87.8 Å². The summed E-state index contributed by atoms with van der Waals surface area (Å²) in [6, 6.07) is 8.59. The molecule has 6 heteroatoms. The number of benzene rings is 1. The van der Waals surface area contributed by atoms with Crippen molar-refractivity contribution in [2.24, 2.45) is 5.73 Å². The zero-order valence-corrected chi connectivity index (χ0v) is 13.2. The van der Waals surface area contributed by atoms with Crippen LogP contribution in [-0.4, -0.2) is 53.4 Å². The van der Waals surface area contributed by atoms with Gasteiger partial charge >= 0.3 is 6.03 Å². The molecule has 126 valence electrons. The van der Waals surface area contributed by atoms with Crippen LogP contribution in [0.15, 0.2) is 30.3 Å². The van der Waals surface area contributed by atoms with Gasteiger partial charge in [-0.05, 0) is 38.1 Å². The lowest BCUT2D eigenvalue weighted by Crippen LogP contribution is -2.55. The van der Waals surface area contributed by atoms with Crippen molar-refractivity contribution in [2.45, 2.75) is 50.0 Å². The van der Waals surface area contributed by atoms with Gasteiger partial charge in [-0.1, -0.05) is 24.6 Å². The lowest BCUT2D eigenvalue weighted by atomic mass is 10.0. The van der Waals surface area contributed by atoms with Crippen molar-refractivity contribution in [3.8, 4) is 5.75 Å². The zero-order valence-electron chi connectivity index (χ0n) is 13.2. The molecule has 1 aromatic rings. The summed E-state index contributed by atoms with van der Waals surface area (Å²) < 4.78 is 5.95. The number of amides is 2. The third-order valence-corrected chi connectivity index (χ3v) is 4.80. The van der Waals surface area contributed by atoms with Crippen LogP contribution >= 0.6 is 0 Å². The minimum atomic E-state index is -0.648. The fourth-order valence-electron chi connectivity index (χ4n) is 3.79. The van der Waals surface area contributed by atoms with Crippen molar-refractivity contribution in [1.82, 2.24) is 10.2 Å². The molecule has 2 amide bonds. The number of nitrogens with one attached hydrogen (secondary N) is 1. The average Bonchev–Trinajstić information content (AvgIpc) is 2.84. The monoisotopic (exact) mass is 319 g/mol.